The number of halogens is 1. The number of carbonyl (C=O) groups excluding carboxylic acids is 1. The Kier molecular flexibility index (Phi) is 3.62. The van der Waals surface area contributed by atoms with Gasteiger partial charge in [-0.05, 0) is 31.5 Å². The molecule has 1 aromatic carbocycles. The van der Waals surface area contributed by atoms with E-state index >= 15 is 0 Å². The van der Waals surface area contributed by atoms with Gasteiger partial charge in [0.15, 0.2) is 0 Å². The molecule has 94 valence electrons. The number of nitrogens with zero attached hydrogens (tertiary/aromatic N) is 2. The predicted octanol–water partition coefficient (Wildman–Crippen LogP) is 2.26. The lowest BCUT2D eigenvalue weighted by Gasteiger charge is -2.13. The normalized spacial score (nSPS) is 12.2. The van der Waals surface area contributed by atoms with Crippen LogP contribution in [0.5, 0.6) is 0 Å². The fourth-order valence-corrected chi connectivity index (χ4v) is 1.76. The Morgan fingerprint density at radius 2 is 2.28 bits per heavy atom. The minimum atomic E-state index is -0.313. The summed E-state index contributed by atoms with van der Waals surface area (Å²) in [7, 11) is 0. The summed E-state index contributed by atoms with van der Waals surface area (Å²) in [6.07, 6.45) is 0. The van der Waals surface area contributed by atoms with Gasteiger partial charge in [-0.15, -0.1) is 5.10 Å². The van der Waals surface area contributed by atoms with Crippen LogP contribution < -0.4 is 5.32 Å². The van der Waals surface area contributed by atoms with Crippen LogP contribution in [0.1, 0.15) is 35.0 Å². The molecule has 0 fully saturated rings. The van der Waals surface area contributed by atoms with Crippen molar-refractivity contribution in [2.24, 2.45) is 0 Å². The van der Waals surface area contributed by atoms with Crippen molar-refractivity contribution >= 4 is 17.5 Å². The highest BCUT2D eigenvalue weighted by Gasteiger charge is 2.15. The van der Waals surface area contributed by atoms with Gasteiger partial charge in [-0.3, -0.25) is 9.89 Å². The second kappa shape index (κ2) is 5.18. The third kappa shape index (κ3) is 2.87. The van der Waals surface area contributed by atoms with Crippen molar-refractivity contribution in [1.82, 2.24) is 20.5 Å². The monoisotopic (exact) mass is 264 g/mol. The Labute approximate surface area is 110 Å². The number of hydrogen-bond donors (Lipinski definition) is 2. The van der Waals surface area contributed by atoms with E-state index in [9.17, 15) is 4.79 Å². The molecule has 1 amide bonds. The molecule has 2 aromatic rings. The highest BCUT2D eigenvalue weighted by atomic mass is 35.5. The molecule has 1 atom stereocenters. The third-order valence-electron chi connectivity index (χ3n) is 2.50. The summed E-state index contributed by atoms with van der Waals surface area (Å²) in [6.45, 7) is 3.62. The maximum Gasteiger partial charge on any atom is 0.291 e. The van der Waals surface area contributed by atoms with Crippen LogP contribution >= 0.6 is 11.6 Å². The summed E-state index contributed by atoms with van der Waals surface area (Å²) in [6, 6.07) is 7.20. The van der Waals surface area contributed by atoms with Gasteiger partial charge in [0.2, 0.25) is 5.82 Å². The first kappa shape index (κ1) is 12.6. The maximum absolute atomic E-state index is 11.8. The van der Waals surface area contributed by atoms with Crippen LogP contribution in [0.2, 0.25) is 5.02 Å². The van der Waals surface area contributed by atoms with Crippen LogP contribution in [0.4, 0.5) is 0 Å². The molecule has 1 aromatic heterocycles. The van der Waals surface area contributed by atoms with E-state index in [1.165, 1.54) is 0 Å². The number of benzene rings is 1. The summed E-state index contributed by atoms with van der Waals surface area (Å²) in [4.78, 5) is 15.8. The Hall–Kier alpha value is -1.88. The topological polar surface area (TPSA) is 70.7 Å². The summed E-state index contributed by atoms with van der Waals surface area (Å²) < 4.78 is 0. The summed E-state index contributed by atoms with van der Waals surface area (Å²) in [5.41, 5.74) is 0.933. The van der Waals surface area contributed by atoms with Crippen molar-refractivity contribution in [1.29, 1.82) is 0 Å². The largest absolute Gasteiger partial charge is 0.343 e. The van der Waals surface area contributed by atoms with Crippen molar-refractivity contribution in [2.45, 2.75) is 19.9 Å². The first-order valence-electron chi connectivity index (χ1n) is 5.51. The average molecular weight is 265 g/mol. The highest BCUT2D eigenvalue weighted by Crippen LogP contribution is 2.17. The van der Waals surface area contributed by atoms with E-state index < -0.39 is 0 Å². The number of amides is 1. The smallest absolute Gasteiger partial charge is 0.291 e. The van der Waals surface area contributed by atoms with Crippen LogP contribution in [0.3, 0.4) is 0 Å². The number of aryl methyl sites for hydroxylation is 1. The Balaban J connectivity index is 2.07. The van der Waals surface area contributed by atoms with Crippen molar-refractivity contribution < 1.29 is 4.79 Å². The molecule has 0 saturated heterocycles. The molecule has 18 heavy (non-hydrogen) atoms. The molecule has 1 unspecified atom stereocenters. The lowest BCUT2D eigenvalue weighted by molar-refractivity contribution is 0.0929. The Morgan fingerprint density at radius 3 is 2.89 bits per heavy atom. The number of H-pyrrole nitrogens is 1. The van der Waals surface area contributed by atoms with Crippen LogP contribution in [0, 0.1) is 6.92 Å². The molecule has 0 spiro atoms. The first-order valence-corrected chi connectivity index (χ1v) is 5.89. The van der Waals surface area contributed by atoms with Gasteiger partial charge in [-0.25, -0.2) is 4.98 Å². The molecular formula is C12H13ClN4O. The average Bonchev–Trinajstić information content (AvgIpc) is 2.76. The second-order valence-corrected chi connectivity index (χ2v) is 4.43. The summed E-state index contributed by atoms with van der Waals surface area (Å²) in [5, 5.41) is 9.89. The zero-order chi connectivity index (χ0) is 13.1. The lowest BCUT2D eigenvalue weighted by atomic mass is 10.1. The van der Waals surface area contributed by atoms with Crippen LogP contribution in [-0.4, -0.2) is 21.1 Å². The minimum Gasteiger partial charge on any atom is -0.343 e. The quantitative estimate of drug-likeness (QED) is 0.893. The van der Waals surface area contributed by atoms with Crippen molar-refractivity contribution in [3.05, 3.63) is 46.5 Å². The van der Waals surface area contributed by atoms with E-state index in [0.717, 1.165) is 5.56 Å². The molecular weight excluding hydrogens is 252 g/mol. The fraction of sp³-hybridized carbons (Fsp3) is 0.250. The third-order valence-corrected chi connectivity index (χ3v) is 2.73. The summed E-state index contributed by atoms with van der Waals surface area (Å²) in [5.74, 6) is 0.434. The number of rotatable bonds is 3. The summed E-state index contributed by atoms with van der Waals surface area (Å²) >= 11 is 5.90. The van der Waals surface area contributed by atoms with Gasteiger partial charge in [0.05, 0.1) is 6.04 Å². The molecule has 5 nitrogen and oxygen atoms in total. The van der Waals surface area contributed by atoms with Crippen LogP contribution in [-0.2, 0) is 0 Å². The van der Waals surface area contributed by atoms with E-state index in [-0.39, 0.29) is 17.8 Å². The van der Waals surface area contributed by atoms with Crippen LogP contribution in [0.15, 0.2) is 24.3 Å². The Bertz CT molecular complexity index is 567. The van der Waals surface area contributed by atoms with E-state index in [1.807, 2.05) is 25.1 Å². The van der Waals surface area contributed by atoms with Gasteiger partial charge in [0.1, 0.15) is 5.82 Å². The standard InChI is InChI=1S/C12H13ClN4O/c1-7(9-4-3-5-10(13)6-9)14-12(18)11-15-8(2)16-17-11/h3-7H,1-2H3,(H,14,18)(H,15,16,17). The van der Waals surface area contributed by atoms with Gasteiger partial charge in [-0.1, -0.05) is 23.7 Å². The van der Waals surface area contributed by atoms with Crippen molar-refractivity contribution in [3.63, 3.8) is 0 Å². The maximum atomic E-state index is 11.8. The van der Waals surface area contributed by atoms with Gasteiger partial charge < -0.3 is 5.32 Å². The van der Waals surface area contributed by atoms with Gasteiger partial charge in [0, 0.05) is 5.02 Å². The number of nitrogens with one attached hydrogen (secondary N) is 2. The molecule has 2 N–H and O–H groups in total. The molecule has 0 aliphatic rings. The van der Waals surface area contributed by atoms with Crippen molar-refractivity contribution in [3.8, 4) is 0 Å². The number of carbonyl (C=O) groups is 1. The predicted molar refractivity (Wildman–Crippen MR) is 68.5 cm³/mol. The Morgan fingerprint density at radius 1 is 1.50 bits per heavy atom. The fourth-order valence-electron chi connectivity index (χ4n) is 1.56. The first-order chi connectivity index (χ1) is 8.56. The van der Waals surface area contributed by atoms with E-state index in [4.69, 9.17) is 11.6 Å². The molecule has 2 rings (SSSR count). The van der Waals surface area contributed by atoms with Crippen LogP contribution in [0.25, 0.3) is 0 Å². The number of hydrogen-bond acceptors (Lipinski definition) is 3. The second-order valence-electron chi connectivity index (χ2n) is 3.99. The molecule has 0 radical (unpaired) electrons. The molecule has 1 heterocycles. The van der Waals surface area contributed by atoms with Gasteiger partial charge in [-0.2, -0.15) is 0 Å². The van der Waals surface area contributed by atoms with Gasteiger partial charge >= 0.3 is 0 Å². The highest BCUT2D eigenvalue weighted by molar-refractivity contribution is 6.30. The number of aromatic amines is 1. The molecule has 0 saturated carbocycles. The SMILES string of the molecule is Cc1nc(C(=O)NC(C)c2cccc(Cl)c2)n[nH]1. The zero-order valence-electron chi connectivity index (χ0n) is 10.1. The number of aromatic nitrogens is 3. The lowest BCUT2D eigenvalue weighted by Crippen LogP contribution is -2.27. The molecule has 0 bridgehead atoms. The zero-order valence-corrected chi connectivity index (χ0v) is 10.8. The van der Waals surface area contributed by atoms with E-state index in [1.54, 1.807) is 13.0 Å². The minimum absolute atomic E-state index is 0.140. The van der Waals surface area contributed by atoms with Crippen molar-refractivity contribution in [2.75, 3.05) is 0 Å². The molecule has 0 aliphatic carbocycles. The molecule has 6 heteroatoms. The molecule has 0 aliphatic heterocycles. The van der Waals surface area contributed by atoms with E-state index in [0.29, 0.717) is 10.8 Å². The van der Waals surface area contributed by atoms with E-state index in [2.05, 4.69) is 20.5 Å². The van der Waals surface area contributed by atoms with Gasteiger partial charge in [0.25, 0.3) is 5.91 Å².